The van der Waals surface area contributed by atoms with E-state index >= 15 is 4.39 Å². The van der Waals surface area contributed by atoms with E-state index in [-0.39, 0.29) is 75.2 Å². The predicted octanol–water partition coefficient (Wildman–Crippen LogP) is 10.6. The number of fused-ring (bicyclic) bond motifs is 2. The van der Waals surface area contributed by atoms with E-state index in [0.29, 0.717) is 114 Å². The van der Waals surface area contributed by atoms with Crippen molar-refractivity contribution in [2.75, 3.05) is 89.5 Å². The lowest BCUT2D eigenvalue weighted by molar-refractivity contribution is -0.137. The van der Waals surface area contributed by atoms with Crippen molar-refractivity contribution in [1.29, 1.82) is 0 Å². The molecule has 4 saturated heterocycles. The first-order valence-electron chi connectivity index (χ1n) is 31.0. The number of piperazine rings is 2. The first-order valence-corrected chi connectivity index (χ1v) is 33.5. The van der Waals surface area contributed by atoms with Gasteiger partial charge in [-0.2, -0.15) is 0 Å². The molecule has 5 aromatic carbocycles. The summed E-state index contributed by atoms with van der Waals surface area (Å²) in [5.41, 5.74) is 4.79. The highest BCUT2D eigenvalue weighted by molar-refractivity contribution is 7.12. The monoisotopic (exact) mass is 1440 g/mol. The highest BCUT2D eigenvalue weighted by atomic mass is 35.5. The zero-order chi connectivity index (χ0) is 70.2. The number of anilines is 2. The number of aromatic nitrogens is 3. The molecule has 6 aliphatic heterocycles. The Morgan fingerprint density at radius 2 is 1.07 bits per heavy atom. The molecule has 0 saturated carbocycles. The van der Waals surface area contributed by atoms with E-state index in [4.69, 9.17) is 52.9 Å². The largest absolute Gasteiger partial charge is 0.478 e. The van der Waals surface area contributed by atoms with Crippen LogP contribution in [0.4, 0.5) is 38.5 Å². The summed E-state index contributed by atoms with van der Waals surface area (Å²) < 4.78 is 68.3. The van der Waals surface area contributed by atoms with E-state index in [2.05, 4.69) is 35.4 Å². The third-order valence-electron chi connectivity index (χ3n) is 17.7. The first kappa shape index (κ1) is 68.1. The van der Waals surface area contributed by atoms with Crippen molar-refractivity contribution < 1.29 is 66.0 Å². The SMILES string of the molecule is COC(=O)C1=C(CN2CCN3C(=O)N(c4ccc(-c5ccc(C(=O)O)c(F)c5)cc4F)C[C@@H]3C2)NC(c2nccs2)=N[C@H]1c1ccc(F)cc1Cl.COC(=O)C1=C(CN2CCN3C(=O)N(c4ccc(-c5ccc(C(=O)O)cc5)nc4)C[C@@H]3C2)NC(c2nccs2)=N[C@H]1c1ccc(F)cc1Cl. The molecule has 0 unspecified atom stereocenters. The first-order chi connectivity index (χ1) is 48.2. The van der Waals surface area contributed by atoms with Gasteiger partial charge in [-0.1, -0.05) is 59.6 Å². The van der Waals surface area contributed by atoms with Crippen LogP contribution in [0.25, 0.3) is 22.4 Å². The number of hydrogen-bond acceptors (Lipinski definition) is 19. The quantitative estimate of drug-likeness (QED) is 0.0517. The van der Waals surface area contributed by atoms with Gasteiger partial charge in [0.25, 0.3) is 0 Å². The van der Waals surface area contributed by atoms with Crippen LogP contribution in [0.5, 0.6) is 0 Å². The molecule has 6 aliphatic rings. The molecule has 0 bridgehead atoms. The lowest BCUT2D eigenvalue weighted by atomic mass is 9.95. The number of nitrogens with zero attached hydrogens (tertiary/aromatic N) is 11. The fourth-order valence-corrected chi connectivity index (χ4v) is 14.6. The van der Waals surface area contributed by atoms with Crippen LogP contribution in [-0.4, -0.2) is 184 Å². The Kier molecular flexibility index (Phi) is 19.6. The van der Waals surface area contributed by atoms with E-state index in [9.17, 15) is 41.9 Å². The molecule has 4 fully saturated rings. The lowest BCUT2D eigenvalue weighted by Crippen LogP contribution is -2.53. The van der Waals surface area contributed by atoms with Gasteiger partial charge in [0, 0.05) is 127 Å². The van der Waals surface area contributed by atoms with Gasteiger partial charge >= 0.3 is 35.9 Å². The molecule has 14 rings (SSSR count). The zero-order valence-corrected chi connectivity index (χ0v) is 56.0. The molecule has 4 atom stereocenters. The van der Waals surface area contributed by atoms with E-state index < -0.39 is 64.8 Å². The Hall–Kier alpha value is -10.4. The predicted molar refractivity (Wildman–Crippen MR) is 365 cm³/mol. The van der Waals surface area contributed by atoms with Gasteiger partial charge in [0.2, 0.25) is 0 Å². The Bertz CT molecular complexity index is 4710. The van der Waals surface area contributed by atoms with E-state index in [1.807, 2.05) is 22.4 Å². The van der Waals surface area contributed by atoms with E-state index in [0.717, 1.165) is 23.8 Å². The van der Waals surface area contributed by atoms with Crippen molar-refractivity contribution >= 4 is 105 Å². The molecule has 0 radical (unpaired) electrons. The number of thiazole rings is 2. The minimum Gasteiger partial charge on any atom is -0.478 e. The zero-order valence-electron chi connectivity index (χ0n) is 52.8. The van der Waals surface area contributed by atoms with Crippen molar-refractivity contribution in [2.45, 2.75) is 24.2 Å². The van der Waals surface area contributed by atoms with E-state index in [1.165, 1.54) is 102 Å². The number of aliphatic imine (C=N–C) groups is 2. The number of amides is 4. The van der Waals surface area contributed by atoms with Gasteiger partial charge in [0.15, 0.2) is 21.7 Å². The van der Waals surface area contributed by atoms with Crippen molar-refractivity contribution in [3.8, 4) is 22.4 Å². The fourth-order valence-electron chi connectivity index (χ4n) is 12.9. The van der Waals surface area contributed by atoms with Crippen molar-refractivity contribution in [3.63, 3.8) is 0 Å². The average Bonchev–Trinajstić information content (AvgIpc) is 1.25. The van der Waals surface area contributed by atoms with Crippen molar-refractivity contribution in [2.24, 2.45) is 9.98 Å². The minimum atomic E-state index is -1.41. The molecule has 512 valence electrons. The number of esters is 2. The molecule has 9 heterocycles. The number of carbonyl (C=O) groups excluding carboxylic acids is 4. The Balaban J connectivity index is 0.000000179. The van der Waals surface area contributed by atoms with Gasteiger partial charge in [-0.05, 0) is 83.9 Å². The molecule has 23 nitrogen and oxygen atoms in total. The number of hydrogen-bond donors (Lipinski definition) is 4. The van der Waals surface area contributed by atoms with Crippen LogP contribution < -0.4 is 20.4 Å². The molecule has 4 amide bonds. The molecule has 3 aromatic heterocycles. The highest BCUT2D eigenvalue weighted by Gasteiger charge is 2.45. The summed E-state index contributed by atoms with van der Waals surface area (Å²) in [5.74, 6) is -5.48. The highest BCUT2D eigenvalue weighted by Crippen LogP contribution is 2.41. The summed E-state index contributed by atoms with van der Waals surface area (Å²) in [7, 11) is 2.55. The van der Waals surface area contributed by atoms with Crippen LogP contribution in [0.2, 0.25) is 10.0 Å². The van der Waals surface area contributed by atoms with Crippen LogP contribution in [0, 0.1) is 23.3 Å². The number of nitrogens with one attached hydrogen (secondary N) is 2. The molecular formula is C69H57Cl2F4N13O10S2. The number of amidine groups is 2. The fraction of sp³-hybridized carbons (Fsp3) is 0.232. The average molecular weight is 1440 g/mol. The maximum Gasteiger partial charge on any atom is 0.338 e. The van der Waals surface area contributed by atoms with Crippen LogP contribution in [-0.2, 0) is 19.1 Å². The Morgan fingerprint density at radius 1 is 0.570 bits per heavy atom. The summed E-state index contributed by atoms with van der Waals surface area (Å²) in [5, 5.41) is 29.9. The third-order valence-corrected chi connectivity index (χ3v) is 20.0. The van der Waals surface area contributed by atoms with Gasteiger partial charge in [-0.15, -0.1) is 22.7 Å². The summed E-state index contributed by atoms with van der Waals surface area (Å²) in [6.45, 7) is 3.88. The van der Waals surface area contributed by atoms with Crippen LogP contribution in [0.1, 0.15) is 53.9 Å². The second kappa shape index (κ2) is 28.8. The van der Waals surface area contributed by atoms with Gasteiger partial charge < -0.3 is 40.1 Å². The summed E-state index contributed by atoms with van der Waals surface area (Å²) in [4.78, 5) is 110. The number of carboxylic acids is 2. The molecule has 4 N–H and O–H groups in total. The number of methoxy groups -OCH3 is 2. The smallest absolute Gasteiger partial charge is 0.338 e. The standard InChI is InChI=1S/C35H28ClF3N6O5S.C34H29ClFN7O5S/c1-50-34(48)29-27(41-31(32-40-8-11-51-32)42-30(29)22-6-4-20(37)14-24(22)36)17-43-9-10-44-21(15-43)16-45(35(44)49)28-7-3-19(13-26(28)39)18-2-5-23(33(46)47)25(38)12-18;1-48-33(46)28-27(39-30(31-37-10-13-49-31)40-29(28)24-8-6-21(36)14-25(24)35)18-41-11-12-42-23(16-41)17-43(34(42)47)22-7-9-26(38-15-22)19-2-4-20(5-3-19)32(44)45/h2-8,11-14,21,30H,9-10,15-17H2,1H3,(H,41,42)(H,46,47);2-10,13-15,23,29H,11-12,16-18H2,1H3,(H,39,40)(H,44,45)/t21-,30-;23-,29-/m00/s1. The number of halogens is 6. The number of urea groups is 2. The number of pyridine rings is 1. The molecule has 0 spiro atoms. The summed E-state index contributed by atoms with van der Waals surface area (Å²) >= 11 is 15.7. The maximum absolute atomic E-state index is 15.6. The Labute approximate surface area is 585 Å². The normalized spacial score (nSPS) is 19.3. The minimum absolute atomic E-state index is 0.0558. The number of ether oxygens (including phenoxy) is 2. The number of rotatable bonds is 16. The Morgan fingerprint density at radius 3 is 1.52 bits per heavy atom. The number of carbonyl (C=O) groups is 6. The van der Waals surface area contributed by atoms with Crippen LogP contribution in [0.15, 0.2) is 171 Å². The second-order valence-electron chi connectivity index (χ2n) is 23.7. The third kappa shape index (κ3) is 13.9. The molecule has 100 heavy (non-hydrogen) atoms. The van der Waals surface area contributed by atoms with E-state index in [1.54, 1.807) is 52.0 Å². The number of carboxylic acid groups (broad SMARTS) is 2. The molecule has 8 aromatic rings. The van der Waals surface area contributed by atoms with Gasteiger partial charge in [-0.3, -0.25) is 34.6 Å². The second-order valence-corrected chi connectivity index (χ2v) is 26.3. The van der Waals surface area contributed by atoms with Crippen molar-refractivity contribution in [1.82, 2.24) is 45.2 Å². The molecule has 31 heteroatoms. The maximum atomic E-state index is 15.6. The van der Waals surface area contributed by atoms with Gasteiger partial charge in [-0.25, -0.2) is 56.3 Å². The molecular weight excluding hydrogens is 1380 g/mol. The number of aromatic carboxylic acids is 2. The topological polar surface area (TPSA) is 268 Å². The summed E-state index contributed by atoms with van der Waals surface area (Å²) in [6.07, 6.45) is 4.93. The molecule has 0 aliphatic carbocycles. The van der Waals surface area contributed by atoms with Gasteiger partial charge in [0.05, 0.1) is 71.8 Å². The van der Waals surface area contributed by atoms with Crippen molar-refractivity contribution in [3.05, 3.63) is 227 Å². The number of benzene rings is 5. The van der Waals surface area contributed by atoms with Crippen LogP contribution in [0.3, 0.4) is 0 Å². The van der Waals surface area contributed by atoms with Gasteiger partial charge in [0.1, 0.15) is 35.4 Å². The van der Waals surface area contributed by atoms with Crippen LogP contribution >= 0.6 is 45.9 Å². The lowest BCUT2D eigenvalue weighted by Gasteiger charge is -2.38. The summed E-state index contributed by atoms with van der Waals surface area (Å²) in [6, 6.07) is 23.0.